The number of benzene rings is 3. The first-order valence-electron chi connectivity index (χ1n) is 8.14. The Balaban J connectivity index is 1.93. The van der Waals surface area contributed by atoms with E-state index in [4.69, 9.17) is 0 Å². The van der Waals surface area contributed by atoms with E-state index in [1.807, 2.05) is 42.5 Å². The van der Waals surface area contributed by atoms with Gasteiger partial charge in [-0.25, -0.2) is 4.39 Å². The molecule has 0 unspecified atom stereocenters. The molecule has 0 radical (unpaired) electrons. The zero-order valence-electron chi connectivity index (χ0n) is 13.9. The van der Waals surface area contributed by atoms with Gasteiger partial charge >= 0.3 is 0 Å². The maximum Gasteiger partial charge on any atom is 0.280 e. The summed E-state index contributed by atoms with van der Waals surface area (Å²) in [5.41, 5.74) is 0.980. The Morgan fingerprint density at radius 1 is 1.12 bits per heavy atom. The minimum Gasteiger partial charge on any atom is -0.310 e. The molecule has 4 rings (SSSR count). The number of thiazole rings is 1. The second kappa shape index (κ2) is 6.69. The second-order valence-electron chi connectivity index (χ2n) is 5.81. The SMILES string of the molecule is C=CCn1c(=NC(=O)c2cccc3ccccc23)sc2cccc(F)c21. The van der Waals surface area contributed by atoms with Gasteiger partial charge in [0.2, 0.25) is 0 Å². The van der Waals surface area contributed by atoms with E-state index in [1.54, 1.807) is 22.8 Å². The molecule has 0 N–H and O–H groups in total. The summed E-state index contributed by atoms with van der Waals surface area (Å²) in [6.45, 7) is 4.10. The lowest BCUT2D eigenvalue weighted by Crippen LogP contribution is -2.16. The molecule has 3 aromatic carbocycles. The lowest BCUT2D eigenvalue weighted by atomic mass is 10.0. The molecule has 128 valence electrons. The highest BCUT2D eigenvalue weighted by Gasteiger charge is 2.13. The number of carbonyl (C=O) groups is 1. The Morgan fingerprint density at radius 2 is 1.88 bits per heavy atom. The Kier molecular flexibility index (Phi) is 4.22. The molecule has 0 fully saturated rings. The highest BCUT2D eigenvalue weighted by Crippen LogP contribution is 2.22. The quantitative estimate of drug-likeness (QED) is 0.476. The van der Waals surface area contributed by atoms with Crippen molar-refractivity contribution in [3.8, 4) is 0 Å². The lowest BCUT2D eigenvalue weighted by molar-refractivity contribution is 0.0999. The van der Waals surface area contributed by atoms with Gasteiger partial charge in [0.1, 0.15) is 5.82 Å². The number of aromatic nitrogens is 1. The predicted octanol–water partition coefficient (Wildman–Crippen LogP) is 4.92. The first-order chi connectivity index (χ1) is 12.7. The van der Waals surface area contributed by atoms with Crippen LogP contribution in [0.5, 0.6) is 0 Å². The van der Waals surface area contributed by atoms with Gasteiger partial charge in [-0.1, -0.05) is 59.9 Å². The van der Waals surface area contributed by atoms with E-state index in [-0.39, 0.29) is 11.7 Å². The van der Waals surface area contributed by atoms with Gasteiger partial charge in [0, 0.05) is 12.1 Å². The smallest absolute Gasteiger partial charge is 0.280 e. The van der Waals surface area contributed by atoms with Crippen molar-refractivity contribution in [2.75, 3.05) is 0 Å². The van der Waals surface area contributed by atoms with E-state index < -0.39 is 0 Å². The Morgan fingerprint density at radius 3 is 2.73 bits per heavy atom. The molecule has 0 aliphatic rings. The zero-order valence-corrected chi connectivity index (χ0v) is 14.7. The highest BCUT2D eigenvalue weighted by molar-refractivity contribution is 7.16. The normalized spacial score (nSPS) is 12.0. The summed E-state index contributed by atoms with van der Waals surface area (Å²) < 4.78 is 16.7. The van der Waals surface area contributed by atoms with E-state index in [9.17, 15) is 9.18 Å². The topological polar surface area (TPSA) is 34.4 Å². The van der Waals surface area contributed by atoms with Crippen LogP contribution in [0.2, 0.25) is 0 Å². The fourth-order valence-corrected chi connectivity index (χ4v) is 4.08. The fourth-order valence-electron chi connectivity index (χ4n) is 3.03. The molecule has 0 spiro atoms. The molecular weight excluding hydrogens is 347 g/mol. The third-order valence-corrected chi connectivity index (χ3v) is 5.22. The number of para-hydroxylation sites is 1. The number of allylic oxidation sites excluding steroid dienone is 1. The van der Waals surface area contributed by atoms with Gasteiger partial charge in [0.25, 0.3) is 5.91 Å². The van der Waals surface area contributed by atoms with Crippen LogP contribution in [0.4, 0.5) is 4.39 Å². The van der Waals surface area contributed by atoms with Crippen molar-refractivity contribution in [1.82, 2.24) is 4.57 Å². The first kappa shape index (κ1) is 16.4. The number of rotatable bonds is 3. The van der Waals surface area contributed by atoms with Gasteiger partial charge in [-0.3, -0.25) is 4.79 Å². The average molecular weight is 362 g/mol. The van der Waals surface area contributed by atoms with Crippen LogP contribution < -0.4 is 4.80 Å². The first-order valence-corrected chi connectivity index (χ1v) is 8.96. The molecule has 0 aliphatic carbocycles. The molecule has 1 aromatic heterocycles. The van der Waals surface area contributed by atoms with E-state index in [2.05, 4.69) is 11.6 Å². The largest absolute Gasteiger partial charge is 0.310 e. The van der Waals surface area contributed by atoms with Crippen LogP contribution in [0.25, 0.3) is 21.0 Å². The van der Waals surface area contributed by atoms with E-state index in [0.29, 0.717) is 22.4 Å². The maximum atomic E-state index is 14.3. The van der Waals surface area contributed by atoms with Crippen LogP contribution >= 0.6 is 11.3 Å². The minimum atomic E-state index is -0.341. The van der Waals surface area contributed by atoms with Crippen LogP contribution in [-0.2, 0) is 6.54 Å². The van der Waals surface area contributed by atoms with Crippen molar-refractivity contribution in [3.05, 3.63) is 89.5 Å². The molecule has 0 saturated heterocycles. The molecule has 26 heavy (non-hydrogen) atoms. The molecule has 5 heteroatoms. The maximum absolute atomic E-state index is 14.3. The number of fused-ring (bicyclic) bond motifs is 2. The molecule has 1 heterocycles. The second-order valence-corrected chi connectivity index (χ2v) is 6.82. The highest BCUT2D eigenvalue weighted by atomic mass is 32.1. The number of nitrogens with zero attached hydrogens (tertiary/aromatic N) is 2. The lowest BCUT2D eigenvalue weighted by Gasteiger charge is -2.03. The molecule has 0 saturated carbocycles. The van der Waals surface area contributed by atoms with Gasteiger partial charge in [-0.15, -0.1) is 6.58 Å². The van der Waals surface area contributed by atoms with Crippen molar-refractivity contribution in [2.24, 2.45) is 4.99 Å². The molecule has 0 bridgehead atoms. The van der Waals surface area contributed by atoms with Crippen molar-refractivity contribution < 1.29 is 9.18 Å². The van der Waals surface area contributed by atoms with Crippen LogP contribution in [0.15, 0.2) is 78.3 Å². The summed E-state index contributed by atoms with van der Waals surface area (Å²) in [5, 5.41) is 1.83. The summed E-state index contributed by atoms with van der Waals surface area (Å²) in [6, 6.07) is 18.1. The third-order valence-electron chi connectivity index (χ3n) is 4.18. The number of hydrogen-bond acceptors (Lipinski definition) is 2. The van der Waals surface area contributed by atoms with Crippen LogP contribution in [0, 0.1) is 5.82 Å². The van der Waals surface area contributed by atoms with E-state index >= 15 is 0 Å². The summed E-state index contributed by atoms with van der Waals surface area (Å²) in [6.07, 6.45) is 1.67. The van der Waals surface area contributed by atoms with Crippen molar-refractivity contribution in [2.45, 2.75) is 6.54 Å². The monoisotopic (exact) mass is 362 g/mol. The minimum absolute atomic E-state index is 0.334. The summed E-state index contributed by atoms with van der Waals surface area (Å²) in [5.74, 6) is -0.675. The van der Waals surface area contributed by atoms with Crippen molar-refractivity contribution in [1.29, 1.82) is 0 Å². The molecule has 1 amide bonds. The zero-order chi connectivity index (χ0) is 18.1. The molecule has 0 aliphatic heterocycles. The standard InChI is InChI=1S/C21H15FN2OS/c1-2-13-24-19-17(22)11-6-12-18(19)26-21(24)23-20(25)16-10-5-8-14-7-3-4-9-15(14)16/h2-12H,1,13H2. The Hall–Kier alpha value is -3.05. The van der Waals surface area contributed by atoms with E-state index in [0.717, 1.165) is 15.5 Å². The van der Waals surface area contributed by atoms with Gasteiger partial charge in [-0.2, -0.15) is 4.99 Å². The fraction of sp³-hybridized carbons (Fsp3) is 0.0476. The molecule has 4 aromatic rings. The predicted molar refractivity (Wildman–Crippen MR) is 104 cm³/mol. The van der Waals surface area contributed by atoms with Crippen molar-refractivity contribution in [3.63, 3.8) is 0 Å². The summed E-state index contributed by atoms with van der Waals surface area (Å²) in [4.78, 5) is 17.6. The van der Waals surface area contributed by atoms with Crippen LogP contribution in [-0.4, -0.2) is 10.5 Å². The number of hydrogen-bond donors (Lipinski definition) is 0. The van der Waals surface area contributed by atoms with Gasteiger partial charge in [0.05, 0.1) is 10.2 Å². The molecule has 0 atom stereocenters. The van der Waals surface area contributed by atoms with E-state index in [1.165, 1.54) is 17.4 Å². The van der Waals surface area contributed by atoms with Gasteiger partial charge in [0.15, 0.2) is 4.80 Å². The third kappa shape index (κ3) is 2.76. The van der Waals surface area contributed by atoms with Crippen LogP contribution in [0.3, 0.4) is 0 Å². The summed E-state index contributed by atoms with van der Waals surface area (Å²) in [7, 11) is 0. The van der Waals surface area contributed by atoms with Crippen LogP contribution in [0.1, 0.15) is 10.4 Å². The summed E-state index contributed by atoms with van der Waals surface area (Å²) >= 11 is 1.29. The van der Waals surface area contributed by atoms with Gasteiger partial charge in [-0.05, 0) is 29.0 Å². The number of amides is 1. The Labute approximate surface area is 153 Å². The van der Waals surface area contributed by atoms with Crippen molar-refractivity contribution >= 4 is 38.2 Å². The van der Waals surface area contributed by atoms with Gasteiger partial charge < -0.3 is 4.57 Å². The Bertz CT molecular complexity index is 1210. The molecular formula is C21H15FN2OS. The molecule has 3 nitrogen and oxygen atoms in total. The number of halogens is 1. The average Bonchev–Trinajstić information content (AvgIpc) is 3.00. The number of carbonyl (C=O) groups excluding carboxylic acids is 1.